The topological polar surface area (TPSA) is 84.2 Å². The normalized spacial score (nSPS) is 15.2. The van der Waals surface area contributed by atoms with Crippen LogP contribution in [0.5, 0.6) is 0 Å². The third kappa shape index (κ3) is 2.73. The van der Waals surface area contributed by atoms with Gasteiger partial charge in [0.2, 0.25) is 5.95 Å². The van der Waals surface area contributed by atoms with E-state index < -0.39 is 5.82 Å². The van der Waals surface area contributed by atoms with Crippen molar-refractivity contribution in [1.82, 2.24) is 9.97 Å². The summed E-state index contributed by atoms with van der Waals surface area (Å²) in [6.45, 7) is 2.44. The van der Waals surface area contributed by atoms with E-state index in [1.54, 1.807) is 6.07 Å². The van der Waals surface area contributed by atoms with Crippen molar-refractivity contribution in [2.75, 3.05) is 36.9 Å². The standard InChI is InChI=1S/C14H15FN4O2/c15-10-3-1-2-9(8-10)11-12(16)17-14(18-13(11)20)19-4-6-21-7-5-19/h1-3,8H,4-7H2,(H3,16,17,18,20). The van der Waals surface area contributed by atoms with E-state index in [0.29, 0.717) is 37.8 Å². The predicted molar refractivity (Wildman–Crippen MR) is 77.7 cm³/mol. The number of hydrogen-bond donors (Lipinski definition) is 2. The minimum atomic E-state index is -0.427. The number of rotatable bonds is 2. The van der Waals surface area contributed by atoms with Gasteiger partial charge in [0.1, 0.15) is 11.6 Å². The molecular formula is C14H15FN4O2. The summed E-state index contributed by atoms with van der Waals surface area (Å²) < 4.78 is 18.5. The van der Waals surface area contributed by atoms with Gasteiger partial charge in [-0.3, -0.25) is 9.78 Å². The van der Waals surface area contributed by atoms with Gasteiger partial charge in [-0.05, 0) is 17.7 Å². The Bertz CT molecular complexity index is 710. The molecule has 2 aromatic rings. The van der Waals surface area contributed by atoms with Crippen LogP contribution in [0.15, 0.2) is 29.1 Å². The fourth-order valence-electron chi connectivity index (χ4n) is 2.33. The first-order valence-corrected chi connectivity index (χ1v) is 6.63. The van der Waals surface area contributed by atoms with Gasteiger partial charge in [0.05, 0.1) is 18.8 Å². The number of benzene rings is 1. The number of ether oxygens (including phenoxy) is 1. The predicted octanol–water partition coefficient (Wildman–Crippen LogP) is 0.995. The number of nitrogens with zero attached hydrogens (tertiary/aromatic N) is 2. The lowest BCUT2D eigenvalue weighted by atomic mass is 10.1. The van der Waals surface area contributed by atoms with E-state index in [4.69, 9.17) is 10.5 Å². The molecule has 1 fully saturated rings. The summed E-state index contributed by atoms with van der Waals surface area (Å²) in [5.41, 5.74) is 6.12. The number of aromatic amines is 1. The third-order valence-corrected chi connectivity index (χ3v) is 3.36. The Morgan fingerprint density at radius 2 is 2.10 bits per heavy atom. The average molecular weight is 290 g/mol. The van der Waals surface area contributed by atoms with Crippen LogP contribution in [0.2, 0.25) is 0 Å². The Morgan fingerprint density at radius 1 is 1.33 bits per heavy atom. The molecule has 110 valence electrons. The summed E-state index contributed by atoms with van der Waals surface area (Å²) in [5.74, 6) is 0.0790. The molecule has 3 N–H and O–H groups in total. The van der Waals surface area contributed by atoms with Crippen molar-refractivity contribution in [3.8, 4) is 11.1 Å². The molecule has 0 radical (unpaired) electrons. The van der Waals surface area contributed by atoms with Crippen molar-refractivity contribution in [2.24, 2.45) is 0 Å². The molecule has 0 saturated carbocycles. The Kier molecular flexibility index (Phi) is 3.57. The summed E-state index contributed by atoms with van der Waals surface area (Å²) >= 11 is 0. The van der Waals surface area contributed by atoms with Crippen molar-refractivity contribution in [3.63, 3.8) is 0 Å². The SMILES string of the molecule is Nc1nc(N2CCOCC2)[nH]c(=O)c1-c1cccc(F)c1. The second kappa shape index (κ2) is 5.53. The quantitative estimate of drug-likeness (QED) is 0.862. The van der Waals surface area contributed by atoms with Crippen molar-refractivity contribution in [2.45, 2.75) is 0 Å². The zero-order valence-corrected chi connectivity index (χ0v) is 11.3. The highest BCUT2D eigenvalue weighted by atomic mass is 19.1. The molecule has 0 aliphatic carbocycles. The Morgan fingerprint density at radius 3 is 2.76 bits per heavy atom. The molecule has 1 saturated heterocycles. The Balaban J connectivity index is 2.02. The largest absolute Gasteiger partial charge is 0.383 e. The first-order valence-electron chi connectivity index (χ1n) is 6.63. The van der Waals surface area contributed by atoms with Gasteiger partial charge in [0.25, 0.3) is 5.56 Å². The molecule has 0 unspecified atom stereocenters. The van der Waals surface area contributed by atoms with Crippen LogP contribution in [-0.4, -0.2) is 36.3 Å². The van der Waals surface area contributed by atoms with Crippen LogP contribution in [0, 0.1) is 5.82 Å². The third-order valence-electron chi connectivity index (χ3n) is 3.36. The van der Waals surface area contributed by atoms with Crippen molar-refractivity contribution in [1.29, 1.82) is 0 Å². The summed E-state index contributed by atoms with van der Waals surface area (Å²) in [6, 6.07) is 5.72. The van der Waals surface area contributed by atoms with Gasteiger partial charge >= 0.3 is 0 Å². The highest BCUT2D eigenvalue weighted by molar-refractivity contribution is 5.73. The molecule has 0 atom stereocenters. The maximum absolute atomic E-state index is 13.3. The van der Waals surface area contributed by atoms with Gasteiger partial charge in [-0.15, -0.1) is 0 Å². The van der Waals surface area contributed by atoms with Gasteiger partial charge in [-0.25, -0.2) is 4.39 Å². The lowest BCUT2D eigenvalue weighted by Gasteiger charge is -2.27. The number of halogens is 1. The number of anilines is 2. The molecule has 1 aromatic carbocycles. The first kappa shape index (κ1) is 13.6. The van der Waals surface area contributed by atoms with Gasteiger partial charge in [0, 0.05) is 13.1 Å². The van der Waals surface area contributed by atoms with E-state index in [1.807, 2.05) is 4.90 Å². The minimum absolute atomic E-state index is 0.0887. The van der Waals surface area contributed by atoms with E-state index in [1.165, 1.54) is 18.2 Å². The van der Waals surface area contributed by atoms with Crippen molar-refractivity contribution >= 4 is 11.8 Å². The van der Waals surface area contributed by atoms with E-state index >= 15 is 0 Å². The van der Waals surface area contributed by atoms with E-state index in [0.717, 1.165) is 0 Å². The molecule has 0 bridgehead atoms. The molecule has 21 heavy (non-hydrogen) atoms. The van der Waals surface area contributed by atoms with Gasteiger partial charge in [-0.1, -0.05) is 12.1 Å². The molecule has 2 heterocycles. The Hall–Kier alpha value is -2.41. The number of hydrogen-bond acceptors (Lipinski definition) is 5. The van der Waals surface area contributed by atoms with Crippen molar-refractivity contribution < 1.29 is 9.13 Å². The highest BCUT2D eigenvalue weighted by Gasteiger charge is 2.17. The molecule has 1 aliphatic heterocycles. The summed E-state index contributed by atoms with van der Waals surface area (Å²) in [4.78, 5) is 21.1. The smallest absolute Gasteiger partial charge is 0.262 e. The van der Waals surface area contributed by atoms with Crippen LogP contribution < -0.4 is 16.2 Å². The molecule has 7 heteroatoms. The zero-order chi connectivity index (χ0) is 14.8. The highest BCUT2D eigenvalue weighted by Crippen LogP contribution is 2.22. The lowest BCUT2D eigenvalue weighted by Crippen LogP contribution is -2.38. The van der Waals surface area contributed by atoms with Gasteiger partial charge < -0.3 is 15.4 Å². The van der Waals surface area contributed by atoms with Crippen molar-refractivity contribution in [3.05, 3.63) is 40.4 Å². The lowest BCUT2D eigenvalue weighted by molar-refractivity contribution is 0.122. The second-order valence-corrected chi connectivity index (χ2v) is 4.76. The van der Waals surface area contributed by atoms with E-state index in [9.17, 15) is 9.18 Å². The number of morpholine rings is 1. The fraction of sp³-hybridized carbons (Fsp3) is 0.286. The Labute approximate surface area is 120 Å². The van der Waals surface area contributed by atoms with Crippen LogP contribution in [0.3, 0.4) is 0 Å². The summed E-state index contributed by atoms with van der Waals surface area (Å²) in [7, 11) is 0. The summed E-state index contributed by atoms with van der Waals surface area (Å²) in [5, 5.41) is 0. The monoisotopic (exact) mass is 290 g/mol. The van der Waals surface area contributed by atoms with Crippen LogP contribution >= 0.6 is 0 Å². The zero-order valence-electron chi connectivity index (χ0n) is 11.3. The number of nitrogens with one attached hydrogen (secondary N) is 1. The molecule has 1 aliphatic rings. The maximum Gasteiger partial charge on any atom is 0.262 e. The number of aromatic nitrogens is 2. The molecule has 0 spiro atoms. The van der Waals surface area contributed by atoms with Crippen LogP contribution in [0.25, 0.3) is 11.1 Å². The number of nitrogens with two attached hydrogens (primary N) is 1. The molecule has 0 amide bonds. The maximum atomic E-state index is 13.3. The number of H-pyrrole nitrogens is 1. The van der Waals surface area contributed by atoms with Gasteiger partial charge in [-0.2, -0.15) is 4.98 Å². The van der Waals surface area contributed by atoms with Crippen LogP contribution in [0.1, 0.15) is 0 Å². The fourth-order valence-corrected chi connectivity index (χ4v) is 2.33. The van der Waals surface area contributed by atoms with E-state index in [2.05, 4.69) is 9.97 Å². The second-order valence-electron chi connectivity index (χ2n) is 4.76. The number of nitrogen functional groups attached to an aromatic ring is 1. The van der Waals surface area contributed by atoms with E-state index in [-0.39, 0.29) is 16.9 Å². The first-order chi connectivity index (χ1) is 10.1. The minimum Gasteiger partial charge on any atom is -0.383 e. The average Bonchev–Trinajstić information content (AvgIpc) is 2.47. The summed E-state index contributed by atoms with van der Waals surface area (Å²) in [6.07, 6.45) is 0. The van der Waals surface area contributed by atoms with Crippen LogP contribution in [-0.2, 0) is 4.74 Å². The molecular weight excluding hydrogens is 275 g/mol. The molecule has 1 aromatic heterocycles. The van der Waals surface area contributed by atoms with Crippen LogP contribution in [0.4, 0.5) is 16.2 Å². The molecule has 6 nitrogen and oxygen atoms in total. The van der Waals surface area contributed by atoms with Gasteiger partial charge in [0.15, 0.2) is 0 Å². The molecule has 3 rings (SSSR count).